The fraction of sp³-hybridized carbons (Fsp3) is 1.00. The van der Waals surface area contributed by atoms with Gasteiger partial charge in [0.1, 0.15) is 0 Å². The van der Waals surface area contributed by atoms with Crippen LogP contribution in [-0.4, -0.2) is 58.8 Å². The molecule has 96 valence electrons. The van der Waals surface area contributed by atoms with Crippen LogP contribution in [0.5, 0.6) is 0 Å². The van der Waals surface area contributed by atoms with E-state index in [1.165, 1.54) is 0 Å². The Kier molecular flexibility index (Phi) is 7.71. The molecule has 1 saturated heterocycles. The third-order valence-electron chi connectivity index (χ3n) is 2.64. The van der Waals surface area contributed by atoms with Gasteiger partial charge in [-0.15, -0.1) is 0 Å². The van der Waals surface area contributed by atoms with E-state index in [0.717, 1.165) is 25.9 Å². The Bertz CT molecular complexity index is 163. The first-order chi connectivity index (χ1) is 7.86. The van der Waals surface area contributed by atoms with Gasteiger partial charge in [0, 0.05) is 19.7 Å². The van der Waals surface area contributed by atoms with Crippen LogP contribution in [0.1, 0.15) is 12.8 Å². The molecular weight excluding hydrogens is 208 g/mol. The van der Waals surface area contributed by atoms with Crippen LogP contribution in [0.25, 0.3) is 0 Å². The largest absolute Gasteiger partial charge is 0.383 e. The second-order valence-corrected chi connectivity index (χ2v) is 4.06. The average Bonchev–Trinajstić information content (AvgIpc) is 2.34. The van der Waals surface area contributed by atoms with Crippen LogP contribution in [0.2, 0.25) is 0 Å². The Labute approximate surface area is 97.6 Å². The lowest BCUT2D eigenvalue weighted by Crippen LogP contribution is -2.43. The second-order valence-electron chi connectivity index (χ2n) is 4.06. The van der Waals surface area contributed by atoms with Crippen molar-refractivity contribution in [3.63, 3.8) is 0 Å². The van der Waals surface area contributed by atoms with E-state index in [4.69, 9.17) is 19.9 Å². The predicted molar refractivity (Wildman–Crippen MR) is 62.5 cm³/mol. The zero-order chi connectivity index (χ0) is 11.6. The van der Waals surface area contributed by atoms with Crippen LogP contribution >= 0.6 is 0 Å². The van der Waals surface area contributed by atoms with Gasteiger partial charge < -0.3 is 25.3 Å². The number of hydrogen-bond donors (Lipinski definition) is 2. The van der Waals surface area contributed by atoms with Crippen molar-refractivity contribution in [2.24, 2.45) is 5.73 Å². The summed E-state index contributed by atoms with van der Waals surface area (Å²) in [5.41, 5.74) is 5.50. The number of rotatable bonds is 8. The second kappa shape index (κ2) is 8.90. The minimum absolute atomic E-state index is 0.172. The first-order valence-electron chi connectivity index (χ1n) is 5.98. The summed E-state index contributed by atoms with van der Waals surface area (Å²) < 4.78 is 16.1. The molecule has 5 heteroatoms. The number of hydrogen-bond acceptors (Lipinski definition) is 5. The Morgan fingerprint density at radius 3 is 3.00 bits per heavy atom. The SMILES string of the molecule is COCC(CCCN)NCC1COCCO1. The summed E-state index contributed by atoms with van der Waals surface area (Å²) in [7, 11) is 1.72. The van der Waals surface area contributed by atoms with Gasteiger partial charge in [0.15, 0.2) is 0 Å². The summed E-state index contributed by atoms with van der Waals surface area (Å²) in [6, 6.07) is 0.360. The molecule has 16 heavy (non-hydrogen) atoms. The zero-order valence-corrected chi connectivity index (χ0v) is 10.1. The van der Waals surface area contributed by atoms with Crippen LogP contribution in [-0.2, 0) is 14.2 Å². The molecule has 1 fully saturated rings. The molecule has 1 rings (SSSR count). The average molecular weight is 232 g/mol. The fourth-order valence-electron chi connectivity index (χ4n) is 1.76. The van der Waals surface area contributed by atoms with E-state index in [1.807, 2.05) is 0 Å². The molecule has 0 aromatic rings. The van der Waals surface area contributed by atoms with E-state index in [2.05, 4.69) is 5.32 Å². The molecule has 1 heterocycles. The molecule has 1 aliphatic rings. The molecule has 1 aliphatic heterocycles. The smallest absolute Gasteiger partial charge is 0.0933 e. The van der Waals surface area contributed by atoms with Crippen molar-refractivity contribution in [1.29, 1.82) is 0 Å². The van der Waals surface area contributed by atoms with Gasteiger partial charge in [0.25, 0.3) is 0 Å². The molecule has 0 aliphatic carbocycles. The van der Waals surface area contributed by atoms with E-state index in [1.54, 1.807) is 7.11 Å². The summed E-state index contributed by atoms with van der Waals surface area (Å²) in [6.45, 7) is 4.36. The predicted octanol–water partition coefficient (Wildman–Crippen LogP) is -0.255. The molecule has 3 N–H and O–H groups in total. The van der Waals surface area contributed by atoms with Crippen LogP contribution in [0, 0.1) is 0 Å². The maximum atomic E-state index is 5.56. The third kappa shape index (κ3) is 5.77. The van der Waals surface area contributed by atoms with Gasteiger partial charge in [0.2, 0.25) is 0 Å². The highest BCUT2D eigenvalue weighted by Crippen LogP contribution is 2.02. The number of nitrogens with two attached hydrogens (primary N) is 1. The van der Waals surface area contributed by atoms with E-state index in [9.17, 15) is 0 Å². The molecule has 0 aromatic carbocycles. The van der Waals surface area contributed by atoms with Crippen molar-refractivity contribution in [2.75, 3.05) is 46.6 Å². The molecular formula is C11H24N2O3. The van der Waals surface area contributed by atoms with Crippen LogP contribution in [0.3, 0.4) is 0 Å². The standard InChI is InChI=1S/C11H24N2O3/c1-14-8-10(3-2-4-12)13-7-11-9-15-5-6-16-11/h10-11,13H,2-9,12H2,1H3. The van der Waals surface area contributed by atoms with E-state index in [-0.39, 0.29) is 6.10 Å². The van der Waals surface area contributed by atoms with Crippen molar-refractivity contribution in [1.82, 2.24) is 5.32 Å². The van der Waals surface area contributed by atoms with Crippen molar-refractivity contribution < 1.29 is 14.2 Å². The van der Waals surface area contributed by atoms with E-state index >= 15 is 0 Å². The summed E-state index contributed by atoms with van der Waals surface area (Å²) in [6.07, 6.45) is 2.23. The van der Waals surface area contributed by atoms with Gasteiger partial charge in [-0.05, 0) is 19.4 Å². The van der Waals surface area contributed by atoms with Crippen molar-refractivity contribution in [3.8, 4) is 0 Å². The molecule has 0 radical (unpaired) electrons. The summed E-state index contributed by atoms with van der Waals surface area (Å²) in [5, 5.41) is 3.44. The van der Waals surface area contributed by atoms with Crippen molar-refractivity contribution in [2.45, 2.75) is 25.0 Å². The van der Waals surface area contributed by atoms with Crippen molar-refractivity contribution >= 4 is 0 Å². The minimum Gasteiger partial charge on any atom is -0.383 e. The quantitative estimate of drug-likeness (QED) is 0.604. The van der Waals surface area contributed by atoms with Crippen LogP contribution in [0.15, 0.2) is 0 Å². The highest BCUT2D eigenvalue weighted by Gasteiger charge is 2.16. The van der Waals surface area contributed by atoms with Gasteiger partial charge in [-0.3, -0.25) is 0 Å². The van der Waals surface area contributed by atoms with Gasteiger partial charge in [-0.25, -0.2) is 0 Å². The van der Waals surface area contributed by atoms with Gasteiger partial charge in [-0.1, -0.05) is 0 Å². The van der Waals surface area contributed by atoms with Crippen LogP contribution in [0.4, 0.5) is 0 Å². The monoisotopic (exact) mass is 232 g/mol. The maximum absolute atomic E-state index is 5.56. The summed E-state index contributed by atoms with van der Waals surface area (Å²) in [4.78, 5) is 0. The zero-order valence-electron chi connectivity index (χ0n) is 10.1. The number of ether oxygens (including phenoxy) is 3. The third-order valence-corrected chi connectivity index (χ3v) is 2.64. The lowest BCUT2D eigenvalue weighted by molar-refractivity contribution is -0.0875. The minimum atomic E-state index is 0.172. The van der Waals surface area contributed by atoms with Gasteiger partial charge in [0.05, 0.1) is 32.5 Å². The lowest BCUT2D eigenvalue weighted by Gasteiger charge is -2.26. The lowest BCUT2D eigenvalue weighted by atomic mass is 10.1. The highest BCUT2D eigenvalue weighted by molar-refractivity contribution is 4.71. The molecule has 5 nitrogen and oxygen atoms in total. The topological polar surface area (TPSA) is 65.7 Å². The molecule has 0 saturated carbocycles. The molecule has 0 spiro atoms. The highest BCUT2D eigenvalue weighted by atomic mass is 16.6. The van der Waals surface area contributed by atoms with Gasteiger partial charge >= 0.3 is 0 Å². The van der Waals surface area contributed by atoms with E-state index < -0.39 is 0 Å². The Hall–Kier alpha value is -0.200. The number of methoxy groups -OCH3 is 1. The molecule has 0 aromatic heterocycles. The normalized spacial score (nSPS) is 23.2. The maximum Gasteiger partial charge on any atom is 0.0933 e. The van der Waals surface area contributed by atoms with E-state index in [0.29, 0.717) is 32.5 Å². The van der Waals surface area contributed by atoms with Crippen LogP contribution < -0.4 is 11.1 Å². The van der Waals surface area contributed by atoms with Gasteiger partial charge in [-0.2, -0.15) is 0 Å². The number of nitrogens with one attached hydrogen (secondary N) is 1. The fourth-order valence-corrected chi connectivity index (χ4v) is 1.76. The molecule has 2 atom stereocenters. The summed E-state index contributed by atoms with van der Waals surface area (Å²) in [5.74, 6) is 0. The molecule has 2 unspecified atom stereocenters. The first-order valence-corrected chi connectivity index (χ1v) is 5.98. The first kappa shape index (κ1) is 13.9. The Balaban J connectivity index is 2.14. The van der Waals surface area contributed by atoms with Crippen molar-refractivity contribution in [3.05, 3.63) is 0 Å². The Morgan fingerprint density at radius 1 is 1.50 bits per heavy atom. The molecule has 0 bridgehead atoms. The molecule has 0 amide bonds. The Morgan fingerprint density at radius 2 is 2.38 bits per heavy atom. The summed E-state index contributed by atoms with van der Waals surface area (Å²) >= 11 is 0.